The van der Waals surface area contributed by atoms with E-state index in [4.69, 9.17) is 0 Å². The molecule has 196 valence electrons. The molecule has 0 spiro atoms. The number of hydrogen-bond donors (Lipinski definition) is 1. The van der Waals surface area contributed by atoms with Crippen LogP contribution in [0.1, 0.15) is 99.7 Å². The van der Waals surface area contributed by atoms with Crippen LogP contribution >= 0.6 is 0 Å². The second-order valence-corrected chi connectivity index (χ2v) is 10.5. The second kappa shape index (κ2) is 14.4. The fourth-order valence-corrected chi connectivity index (χ4v) is 4.74. The summed E-state index contributed by atoms with van der Waals surface area (Å²) in [5.41, 5.74) is 13.7. The van der Waals surface area contributed by atoms with Crippen molar-refractivity contribution < 1.29 is 0 Å². The highest BCUT2D eigenvalue weighted by atomic mass is 14.9. The van der Waals surface area contributed by atoms with Crippen LogP contribution in [-0.4, -0.2) is 0 Å². The zero-order valence-electron chi connectivity index (χ0n) is 24.5. The van der Waals surface area contributed by atoms with Crippen molar-refractivity contribution in [3.05, 3.63) is 123 Å². The molecule has 1 N–H and O–H groups in total. The van der Waals surface area contributed by atoms with Crippen LogP contribution in [0.3, 0.4) is 0 Å². The van der Waals surface area contributed by atoms with E-state index in [-0.39, 0.29) is 0 Å². The summed E-state index contributed by atoms with van der Waals surface area (Å²) < 4.78 is 0. The maximum Gasteiger partial charge on any atom is 0.0401 e. The van der Waals surface area contributed by atoms with Crippen LogP contribution in [-0.2, 0) is 13.0 Å². The lowest BCUT2D eigenvalue weighted by atomic mass is 9.93. The normalized spacial score (nSPS) is 12.2. The molecule has 0 unspecified atom stereocenters. The molecule has 2 aromatic carbocycles. The van der Waals surface area contributed by atoms with Gasteiger partial charge in [-0.2, -0.15) is 0 Å². The molecule has 0 aromatic heterocycles. The minimum Gasteiger partial charge on any atom is -0.381 e. The molecule has 2 aromatic rings. The molecule has 0 amide bonds. The van der Waals surface area contributed by atoms with Gasteiger partial charge < -0.3 is 5.32 Å². The van der Waals surface area contributed by atoms with E-state index in [1.165, 1.54) is 50.1 Å². The van der Waals surface area contributed by atoms with Gasteiger partial charge in [0, 0.05) is 12.2 Å². The SMILES string of the molecule is C=Cc1c(C)cc(C/C(C)=C/C(=C\CC)C(=C)NCc2ccc(C(C)C)c(/C=C\C)c2)cc1C=C(C)C. The fraction of sp³-hybridized carbons (Fsp3) is 0.333. The maximum atomic E-state index is 4.38. The van der Waals surface area contributed by atoms with E-state index in [2.05, 4.69) is 135 Å². The van der Waals surface area contributed by atoms with Gasteiger partial charge in [0.15, 0.2) is 0 Å². The number of hydrogen-bond acceptors (Lipinski definition) is 1. The topological polar surface area (TPSA) is 12.0 Å². The van der Waals surface area contributed by atoms with Crippen LogP contribution < -0.4 is 5.32 Å². The Kier molecular flexibility index (Phi) is 11.7. The van der Waals surface area contributed by atoms with Crippen molar-refractivity contribution in [3.63, 3.8) is 0 Å². The van der Waals surface area contributed by atoms with Crippen molar-refractivity contribution in [2.24, 2.45) is 0 Å². The number of aryl methyl sites for hydroxylation is 1. The summed E-state index contributed by atoms with van der Waals surface area (Å²) in [5, 5.41) is 3.58. The number of benzene rings is 2. The highest BCUT2D eigenvalue weighted by molar-refractivity contribution is 5.69. The van der Waals surface area contributed by atoms with E-state index < -0.39 is 0 Å². The van der Waals surface area contributed by atoms with Crippen molar-refractivity contribution in [2.45, 2.75) is 80.7 Å². The molecule has 1 nitrogen and oxygen atoms in total. The molecule has 0 fully saturated rings. The Morgan fingerprint density at radius 1 is 1.03 bits per heavy atom. The summed E-state index contributed by atoms with van der Waals surface area (Å²) in [6, 6.07) is 11.4. The Bertz CT molecular complexity index is 1220. The third-order valence-electron chi connectivity index (χ3n) is 6.41. The van der Waals surface area contributed by atoms with E-state index in [9.17, 15) is 0 Å². The van der Waals surface area contributed by atoms with Gasteiger partial charge in [0.2, 0.25) is 0 Å². The minimum atomic E-state index is 0.505. The molecule has 0 radical (unpaired) electrons. The van der Waals surface area contributed by atoms with Gasteiger partial charge in [0.05, 0.1) is 0 Å². The Morgan fingerprint density at radius 3 is 2.32 bits per heavy atom. The Labute approximate surface area is 227 Å². The highest BCUT2D eigenvalue weighted by Gasteiger charge is 2.08. The van der Waals surface area contributed by atoms with E-state index in [0.717, 1.165) is 30.7 Å². The third-order valence-corrected chi connectivity index (χ3v) is 6.41. The molecule has 2 rings (SSSR count). The zero-order chi connectivity index (χ0) is 27.5. The molecule has 0 atom stereocenters. The average molecular weight is 494 g/mol. The lowest BCUT2D eigenvalue weighted by Gasteiger charge is -2.15. The molecule has 0 aliphatic heterocycles. The highest BCUT2D eigenvalue weighted by Crippen LogP contribution is 2.25. The first kappa shape index (κ1) is 29.9. The van der Waals surface area contributed by atoms with E-state index in [1.807, 2.05) is 6.08 Å². The summed E-state index contributed by atoms with van der Waals surface area (Å²) >= 11 is 0. The van der Waals surface area contributed by atoms with Crippen LogP contribution in [0.4, 0.5) is 0 Å². The first-order chi connectivity index (χ1) is 17.6. The van der Waals surface area contributed by atoms with E-state index in [1.54, 1.807) is 0 Å². The molecular weight excluding hydrogens is 446 g/mol. The smallest absolute Gasteiger partial charge is 0.0401 e. The number of rotatable bonds is 12. The molecule has 0 aliphatic carbocycles. The molecular formula is C36H47N. The molecule has 37 heavy (non-hydrogen) atoms. The van der Waals surface area contributed by atoms with Gasteiger partial charge in [-0.3, -0.25) is 0 Å². The summed E-state index contributed by atoms with van der Waals surface area (Å²) in [7, 11) is 0. The first-order valence-electron chi connectivity index (χ1n) is 13.6. The van der Waals surface area contributed by atoms with Crippen LogP contribution in [0.15, 0.2) is 84.1 Å². The molecule has 0 bridgehead atoms. The number of nitrogens with one attached hydrogen (secondary N) is 1. The van der Waals surface area contributed by atoms with Crippen molar-refractivity contribution in [3.8, 4) is 0 Å². The maximum absolute atomic E-state index is 4.38. The van der Waals surface area contributed by atoms with Gasteiger partial charge in [0.1, 0.15) is 0 Å². The summed E-state index contributed by atoms with van der Waals surface area (Å²) in [4.78, 5) is 0. The Balaban J connectivity index is 2.22. The first-order valence-corrected chi connectivity index (χ1v) is 13.6. The Morgan fingerprint density at radius 2 is 1.73 bits per heavy atom. The van der Waals surface area contributed by atoms with E-state index in [0.29, 0.717) is 5.92 Å². The Hall–Kier alpha value is -3.32. The standard InChI is InChI=1S/C36H47N/c1-11-14-32(29(10)37-24-30-16-17-36(26(6)7)33(22-30)15-12-2)20-27(8)19-31-21-28(9)35(13-3)34(23-31)18-25(4)5/h12-18,20-23,26,37H,3,10-11,19,24H2,1-2,4-9H3/b15-12-,27-20+,32-14+. The van der Waals surface area contributed by atoms with Crippen LogP contribution in [0.25, 0.3) is 18.2 Å². The van der Waals surface area contributed by atoms with Crippen molar-refractivity contribution >= 4 is 18.2 Å². The summed E-state index contributed by atoms with van der Waals surface area (Å²) in [6.07, 6.45) is 14.9. The largest absolute Gasteiger partial charge is 0.381 e. The quantitative estimate of drug-likeness (QED) is 0.290. The molecule has 0 saturated carbocycles. The minimum absolute atomic E-state index is 0.505. The average Bonchev–Trinajstić information content (AvgIpc) is 2.82. The van der Waals surface area contributed by atoms with Gasteiger partial charge in [-0.25, -0.2) is 0 Å². The number of allylic oxidation sites excluding steroid dienone is 5. The van der Waals surface area contributed by atoms with Crippen LogP contribution in [0, 0.1) is 6.92 Å². The third kappa shape index (κ3) is 8.93. The monoisotopic (exact) mass is 493 g/mol. The van der Waals surface area contributed by atoms with Gasteiger partial charge in [-0.15, -0.1) is 0 Å². The van der Waals surface area contributed by atoms with Crippen molar-refractivity contribution in [2.75, 3.05) is 0 Å². The van der Waals surface area contributed by atoms with Crippen LogP contribution in [0.2, 0.25) is 0 Å². The molecule has 0 aliphatic rings. The van der Waals surface area contributed by atoms with Crippen LogP contribution in [0.5, 0.6) is 0 Å². The fourth-order valence-electron chi connectivity index (χ4n) is 4.74. The second-order valence-electron chi connectivity index (χ2n) is 10.5. The van der Waals surface area contributed by atoms with Gasteiger partial charge in [0.25, 0.3) is 0 Å². The molecule has 0 saturated heterocycles. The predicted molar refractivity (Wildman–Crippen MR) is 168 cm³/mol. The van der Waals surface area contributed by atoms with Gasteiger partial charge in [-0.1, -0.05) is 106 Å². The zero-order valence-corrected chi connectivity index (χ0v) is 24.5. The predicted octanol–water partition coefficient (Wildman–Crippen LogP) is 10.3. The van der Waals surface area contributed by atoms with Crippen molar-refractivity contribution in [1.29, 1.82) is 0 Å². The van der Waals surface area contributed by atoms with Gasteiger partial charge in [-0.05, 0) is 104 Å². The molecule has 1 heteroatoms. The lowest BCUT2D eigenvalue weighted by Crippen LogP contribution is -2.13. The van der Waals surface area contributed by atoms with E-state index >= 15 is 0 Å². The lowest BCUT2D eigenvalue weighted by molar-refractivity contribution is 0.819. The summed E-state index contributed by atoms with van der Waals surface area (Å²) in [5.74, 6) is 0.505. The molecule has 0 heterocycles. The van der Waals surface area contributed by atoms with Crippen molar-refractivity contribution in [1.82, 2.24) is 5.32 Å². The van der Waals surface area contributed by atoms with Gasteiger partial charge >= 0.3 is 0 Å². The summed E-state index contributed by atoms with van der Waals surface area (Å²) in [6.45, 7) is 26.6.